The number of amides is 2. The number of sulfonamides is 1. The van der Waals surface area contributed by atoms with Crippen molar-refractivity contribution >= 4 is 27.5 Å². The third-order valence-electron chi connectivity index (χ3n) is 7.31. The molecule has 0 radical (unpaired) electrons. The number of aryl methyl sites for hydroxylation is 1. The molecule has 1 saturated heterocycles. The van der Waals surface area contributed by atoms with Gasteiger partial charge in [0.15, 0.2) is 0 Å². The number of nitrogens with zero attached hydrogens (tertiary/aromatic N) is 2. The summed E-state index contributed by atoms with van der Waals surface area (Å²) in [6.07, 6.45) is 6.72. The number of carbonyl (C=O) groups excluding carboxylic acids is 2. The van der Waals surface area contributed by atoms with Crippen molar-refractivity contribution in [1.82, 2.24) is 9.62 Å². The first-order chi connectivity index (χ1) is 15.2. The van der Waals surface area contributed by atoms with Gasteiger partial charge in [-0.05, 0) is 80.5 Å². The molecule has 2 fully saturated rings. The van der Waals surface area contributed by atoms with Gasteiger partial charge >= 0.3 is 0 Å². The van der Waals surface area contributed by atoms with Crippen LogP contribution in [0.4, 0.5) is 5.69 Å². The van der Waals surface area contributed by atoms with Gasteiger partial charge in [-0.15, -0.1) is 0 Å². The molecule has 4 rings (SSSR count). The van der Waals surface area contributed by atoms with Gasteiger partial charge in [-0.3, -0.25) is 9.59 Å². The largest absolute Gasteiger partial charge is 0.352 e. The highest BCUT2D eigenvalue weighted by atomic mass is 32.2. The summed E-state index contributed by atoms with van der Waals surface area (Å²) in [4.78, 5) is 27.1. The first kappa shape index (κ1) is 23.2. The number of carbonyl (C=O) groups is 2. The maximum atomic E-state index is 13.1. The molecule has 0 spiro atoms. The lowest BCUT2D eigenvalue weighted by atomic mass is 9.87. The number of nitrogens with one attached hydrogen (secondary N) is 1. The lowest BCUT2D eigenvalue weighted by Gasteiger charge is -2.32. The van der Waals surface area contributed by atoms with E-state index in [1.54, 1.807) is 22.5 Å². The Morgan fingerprint density at radius 1 is 1.00 bits per heavy atom. The van der Waals surface area contributed by atoms with Crippen LogP contribution < -0.4 is 10.2 Å². The van der Waals surface area contributed by atoms with Gasteiger partial charge in [0.1, 0.15) is 6.54 Å². The highest BCUT2D eigenvalue weighted by Crippen LogP contribution is 2.32. The Morgan fingerprint density at radius 2 is 1.66 bits per heavy atom. The van der Waals surface area contributed by atoms with Gasteiger partial charge in [0.2, 0.25) is 21.8 Å². The van der Waals surface area contributed by atoms with Crippen LogP contribution in [-0.4, -0.2) is 50.2 Å². The summed E-state index contributed by atoms with van der Waals surface area (Å²) in [7, 11) is -3.55. The van der Waals surface area contributed by atoms with Gasteiger partial charge in [0.25, 0.3) is 0 Å². The SMILES string of the molecule is CC1CCC(NC(=O)CN2C(=O)CCc3cc(S(=O)(=O)N4CCC(C)CC4)ccc32)CC1. The molecule has 0 unspecified atom stereocenters. The van der Waals surface area contributed by atoms with Crippen LogP contribution in [0.3, 0.4) is 0 Å². The van der Waals surface area contributed by atoms with E-state index in [1.165, 1.54) is 4.90 Å². The number of benzene rings is 1. The summed E-state index contributed by atoms with van der Waals surface area (Å²) >= 11 is 0. The molecule has 2 heterocycles. The van der Waals surface area contributed by atoms with E-state index in [4.69, 9.17) is 0 Å². The van der Waals surface area contributed by atoms with Crippen molar-refractivity contribution in [3.8, 4) is 0 Å². The molecule has 32 heavy (non-hydrogen) atoms. The maximum Gasteiger partial charge on any atom is 0.243 e. The summed E-state index contributed by atoms with van der Waals surface area (Å²) in [5.74, 6) is 1.01. The van der Waals surface area contributed by atoms with Crippen LogP contribution in [0.25, 0.3) is 0 Å². The molecule has 8 heteroatoms. The second-order valence-electron chi connectivity index (χ2n) is 9.88. The highest BCUT2D eigenvalue weighted by molar-refractivity contribution is 7.89. The Bertz CT molecular complexity index is 961. The molecule has 1 saturated carbocycles. The average molecular weight is 462 g/mol. The van der Waals surface area contributed by atoms with Gasteiger partial charge in [-0.1, -0.05) is 13.8 Å². The van der Waals surface area contributed by atoms with Crippen LogP contribution in [0, 0.1) is 11.8 Å². The summed E-state index contributed by atoms with van der Waals surface area (Å²) in [6, 6.07) is 5.15. The minimum atomic E-state index is -3.55. The standard InChI is InChI=1S/C24H35N3O4S/c1-17-3-6-20(7-4-17)25-23(28)16-27-22-9-8-21(15-19(22)5-10-24(27)29)32(30,31)26-13-11-18(2)12-14-26/h8-9,15,17-18,20H,3-7,10-14,16H2,1-2H3,(H,25,28). The molecule has 1 aromatic rings. The molecule has 0 bridgehead atoms. The van der Waals surface area contributed by atoms with Gasteiger partial charge in [-0.25, -0.2) is 8.42 Å². The number of hydrogen-bond donors (Lipinski definition) is 1. The molecule has 1 aromatic carbocycles. The monoisotopic (exact) mass is 461 g/mol. The summed E-state index contributed by atoms with van der Waals surface area (Å²) < 4.78 is 27.8. The zero-order chi connectivity index (χ0) is 22.9. The third-order valence-corrected chi connectivity index (χ3v) is 9.21. The topological polar surface area (TPSA) is 86.8 Å². The van der Waals surface area contributed by atoms with Gasteiger partial charge in [-0.2, -0.15) is 4.31 Å². The second-order valence-corrected chi connectivity index (χ2v) is 11.8. The van der Waals surface area contributed by atoms with Crippen molar-refractivity contribution in [3.05, 3.63) is 23.8 Å². The van der Waals surface area contributed by atoms with Crippen molar-refractivity contribution < 1.29 is 18.0 Å². The molecule has 1 aliphatic carbocycles. The minimum absolute atomic E-state index is 0.0198. The van der Waals surface area contributed by atoms with Crippen LogP contribution in [0.2, 0.25) is 0 Å². The van der Waals surface area contributed by atoms with Gasteiger partial charge in [0, 0.05) is 31.2 Å². The van der Waals surface area contributed by atoms with E-state index in [2.05, 4.69) is 19.2 Å². The van der Waals surface area contributed by atoms with E-state index in [0.29, 0.717) is 37.0 Å². The predicted molar refractivity (Wildman–Crippen MR) is 124 cm³/mol. The zero-order valence-corrected chi connectivity index (χ0v) is 20.0. The lowest BCUT2D eigenvalue weighted by Crippen LogP contribution is -2.46. The number of anilines is 1. The van der Waals surface area contributed by atoms with Crippen molar-refractivity contribution in [2.45, 2.75) is 76.2 Å². The minimum Gasteiger partial charge on any atom is -0.352 e. The molecule has 2 amide bonds. The van der Waals surface area contributed by atoms with Crippen LogP contribution >= 0.6 is 0 Å². The number of fused-ring (bicyclic) bond motifs is 1. The Hall–Kier alpha value is -1.93. The van der Waals surface area contributed by atoms with Crippen LogP contribution in [-0.2, 0) is 26.0 Å². The fourth-order valence-electron chi connectivity index (χ4n) is 5.07. The Morgan fingerprint density at radius 3 is 2.34 bits per heavy atom. The van der Waals surface area contributed by atoms with Crippen LogP contribution in [0.5, 0.6) is 0 Å². The summed E-state index contributed by atoms with van der Waals surface area (Å²) in [5, 5.41) is 3.08. The smallest absolute Gasteiger partial charge is 0.243 e. The quantitative estimate of drug-likeness (QED) is 0.730. The van der Waals surface area contributed by atoms with E-state index in [0.717, 1.165) is 44.1 Å². The van der Waals surface area contributed by atoms with E-state index in [-0.39, 0.29) is 35.7 Å². The number of rotatable bonds is 5. The van der Waals surface area contributed by atoms with Crippen molar-refractivity contribution in [2.24, 2.45) is 11.8 Å². The first-order valence-corrected chi connectivity index (χ1v) is 13.4. The Labute approximate surface area is 191 Å². The summed E-state index contributed by atoms with van der Waals surface area (Å²) in [5.41, 5.74) is 1.47. The van der Waals surface area contributed by atoms with Gasteiger partial charge < -0.3 is 10.2 Å². The van der Waals surface area contributed by atoms with Crippen molar-refractivity contribution in [2.75, 3.05) is 24.5 Å². The van der Waals surface area contributed by atoms with E-state index >= 15 is 0 Å². The molecule has 3 aliphatic rings. The zero-order valence-electron chi connectivity index (χ0n) is 19.2. The highest BCUT2D eigenvalue weighted by Gasteiger charge is 2.31. The lowest BCUT2D eigenvalue weighted by molar-refractivity contribution is -0.124. The van der Waals surface area contributed by atoms with E-state index in [1.807, 2.05) is 0 Å². The third kappa shape index (κ3) is 5.01. The fraction of sp³-hybridized carbons (Fsp3) is 0.667. The molecule has 7 nitrogen and oxygen atoms in total. The van der Waals surface area contributed by atoms with Crippen LogP contribution in [0.1, 0.15) is 64.4 Å². The van der Waals surface area contributed by atoms with E-state index in [9.17, 15) is 18.0 Å². The average Bonchev–Trinajstić information content (AvgIpc) is 2.77. The Balaban J connectivity index is 1.47. The molecular weight excluding hydrogens is 426 g/mol. The number of piperidine rings is 1. The molecule has 2 aliphatic heterocycles. The fourth-order valence-corrected chi connectivity index (χ4v) is 6.59. The molecule has 176 valence electrons. The predicted octanol–water partition coefficient (Wildman–Crippen LogP) is 3.08. The maximum absolute atomic E-state index is 13.1. The van der Waals surface area contributed by atoms with Crippen molar-refractivity contribution in [1.29, 1.82) is 0 Å². The second kappa shape index (κ2) is 9.51. The molecule has 0 aromatic heterocycles. The molecule has 0 atom stereocenters. The summed E-state index contributed by atoms with van der Waals surface area (Å²) in [6.45, 7) is 5.46. The van der Waals surface area contributed by atoms with Gasteiger partial charge in [0.05, 0.1) is 4.90 Å². The Kier molecular flexibility index (Phi) is 6.91. The normalized spacial score (nSPS) is 25.4. The van der Waals surface area contributed by atoms with Crippen molar-refractivity contribution in [3.63, 3.8) is 0 Å². The molecule has 1 N–H and O–H groups in total. The number of hydrogen-bond acceptors (Lipinski definition) is 4. The molecular formula is C24H35N3O4S. The first-order valence-electron chi connectivity index (χ1n) is 12.0. The van der Waals surface area contributed by atoms with E-state index < -0.39 is 10.0 Å². The van der Waals surface area contributed by atoms with Crippen LogP contribution in [0.15, 0.2) is 23.1 Å².